The fourth-order valence-corrected chi connectivity index (χ4v) is 4.24. The summed E-state index contributed by atoms with van der Waals surface area (Å²) in [4.78, 5) is 10.5. The van der Waals surface area contributed by atoms with Crippen LogP contribution in [0.3, 0.4) is 0 Å². The highest BCUT2D eigenvalue weighted by Crippen LogP contribution is 2.21. The van der Waals surface area contributed by atoms with E-state index in [0.29, 0.717) is 12.1 Å². The Labute approximate surface area is 155 Å². The van der Waals surface area contributed by atoms with E-state index < -0.39 is 0 Å². The van der Waals surface area contributed by atoms with Crippen molar-refractivity contribution < 1.29 is 9.47 Å². The van der Waals surface area contributed by atoms with E-state index in [1.165, 1.54) is 52.2 Å². The minimum Gasteiger partial charge on any atom is -0.385 e. The van der Waals surface area contributed by atoms with Gasteiger partial charge in [0, 0.05) is 85.3 Å². The maximum absolute atomic E-state index is 5.28. The van der Waals surface area contributed by atoms with Crippen molar-refractivity contribution in [3.05, 3.63) is 0 Å². The molecule has 2 rings (SSSR count). The van der Waals surface area contributed by atoms with Crippen LogP contribution < -0.4 is 0 Å². The summed E-state index contributed by atoms with van der Waals surface area (Å²) in [6.07, 6.45) is 3.53. The second-order valence-electron chi connectivity index (χ2n) is 7.78. The van der Waals surface area contributed by atoms with E-state index >= 15 is 0 Å². The van der Waals surface area contributed by atoms with Crippen molar-refractivity contribution in [3.63, 3.8) is 0 Å². The number of unbranched alkanes of at least 4 members (excludes halogenated alkanes) is 1. The van der Waals surface area contributed by atoms with Crippen LogP contribution in [0.2, 0.25) is 0 Å². The fourth-order valence-electron chi connectivity index (χ4n) is 4.24. The average Bonchev–Trinajstić information content (AvgIpc) is 2.61. The molecule has 0 amide bonds. The monoisotopic (exact) mass is 356 g/mol. The summed E-state index contributed by atoms with van der Waals surface area (Å²) in [5, 5.41) is 0. The van der Waals surface area contributed by atoms with Crippen molar-refractivity contribution in [3.8, 4) is 0 Å². The number of ether oxygens (including phenoxy) is 2. The summed E-state index contributed by atoms with van der Waals surface area (Å²) in [5.74, 6) is 0. The second-order valence-corrected chi connectivity index (χ2v) is 7.78. The minimum atomic E-state index is 0.626. The predicted molar refractivity (Wildman–Crippen MR) is 103 cm³/mol. The van der Waals surface area contributed by atoms with Crippen molar-refractivity contribution in [2.45, 2.75) is 31.3 Å². The van der Waals surface area contributed by atoms with Gasteiger partial charge in [0.2, 0.25) is 0 Å². The Kier molecular flexibility index (Phi) is 9.66. The van der Waals surface area contributed by atoms with Crippen molar-refractivity contribution in [2.75, 3.05) is 93.9 Å². The number of rotatable bonds is 10. The Balaban J connectivity index is 1.98. The summed E-state index contributed by atoms with van der Waals surface area (Å²) in [5.41, 5.74) is 0. The molecule has 2 heterocycles. The highest BCUT2D eigenvalue weighted by Gasteiger charge is 2.37. The SMILES string of the molecule is COCCCCN1CCN(C)CC1C1CN(C)CCN1CCCOC. The van der Waals surface area contributed by atoms with Gasteiger partial charge in [-0.1, -0.05) is 0 Å². The quantitative estimate of drug-likeness (QED) is 0.535. The molecule has 0 aliphatic carbocycles. The number of nitrogens with zero attached hydrogens (tertiary/aromatic N) is 4. The molecule has 0 radical (unpaired) electrons. The number of hydrogen-bond donors (Lipinski definition) is 0. The number of methoxy groups -OCH3 is 2. The van der Waals surface area contributed by atoms with Crippen LogP contribution in [0.1, 0.15) is 19.3 Å². The Bertz CT molecular complexity index is 358. The van der Waals surface area contributed by atoms with E-state index in [1.54, 1.807) is 14.2 Å². The van der Waals surface area contributed by atoms with Gasteiger partial charge in [-0.25, -0.2) is 0 Å². The van der Waals surface area contributed by atoms with Crippen LogP contribution in [0.4, 0.5) is 0 Å². The first-order chi connectivity index (χ1) is 12.2. The molecule has 148 valence electrons. The maximum Gasteiger partial charge on any atom is 0.0474 e. The van der Waals surface area contributed by atoms with Crippen molar-refractivity contribution >= 4 is 0 Å². The topological polar surface area (TPSA) is 31.4 Å². The lowest BCUT2D eigenvalue weighted by atomic mass is 9.98. The average molecular weight is 357 g/mol. The number of likely N-dealkylation sites (N-methyl/N-ethyl adjacent to an activating group) is 2. The summed E-state index contributed by atoms with van der Waals surface area (Å²) in [6, 6.07) is 1.26. The molecule has 0 saturated carbocycles. The van der Waals surface area contributed by atoms with Gasteiger partial charge < -0.3 is 19.3 Å². The summed E-state index contributed by atoms with van der Waals surface area (Å²) < 4.78 is 10.5. The molecule has 2 saturated heterocycles. The zero-order valence-corrected chi connectivity index (χ0v) is 17.0. The van der Waals surface area contributed by atoms with Crippen LogP contribution in [-0.4, -0.2) is 126 Å². The third kappa shape index (κ3) is 6.77. The molecule has 0 spiro atoms. The lowest BCUT2D eigenvalue weighted by molar-refractivity contribution is -0.0143. The smallest absolute Gasteiger partial charge is 0.0474 e. The maximum atomic E-state index is 5.28. The third-order valence-electron chi connectivity index (χ3n) is 5.76. The Morgan fingerprint density at radius 2 is 1.16 bits per heavy atom. The molecule has 2 atom stereocenters. The van der Waals surface area contributed by atoms with Crippen LogP contribution in [0, 0.1) is 0 Å². The lowest BCUT2D eigenvalue weighted by Gasteiger charge is -2.50. The summed E-state index contributed by atoms with van der Waals surface area (Å²) in [7, 11) is 8.15. The van der Waals surface area contributed by atoms with Crippen LogP contribution in [0.25, 0.3) is 0 Å². The molecular formula is C19H40N4O2. The molecule has 6 heteroatoms. The van der Waals surface area contributed by atoms with E-state index in [1.807, 2.05) is 0 Å². The van der Waals surface area contributed by atoms with Gasteiger partial charge >= 0.3 is 0 Å². The van der Waals surface area contributed by atoms with Crippen LogP contribution >= 0.6 is 0 Å². The zero-order chi connectivity index (χ0) is 18.1. The molecule has 0 aromatic heterocycles. The molecule has 6 nitrogen and oxygen atoms in total. The highest BCUT2D eigenvalue weighted by atomic mass is 16.5. The van der Waals surface area contributed by atoms with Gasteiger partial charge in [-0.2, -0.15) is 0 Å². The Morgan fingerprint density at radius 1 is 0.680 bits per heavy atom. The summed E-state index contributed by atoms with van der Waals surface area (Å²) >= 11 is 0. The van der Waals surface area contributed by atoms with Gasteiger partial charge in [0.25, 0.3) is 0 Å². The molecule has 0 aromatic carbocycles. The summed E-state index contributed by atoms with van der Waals surface area (Å²) in [6.45, 7) is 11.2. The first-order valence-electron chi connectivity index (χ1n) is 9.98. The van der Waals surface area contributed by atoms with Gasteiger partial charge in [-0.3, -0.25) is 9.80 Å². The molecule has 2 fully saturated rings. The van der Waals surface area contributed by atoms with E-state index in [9.17, 15) is 0 Å². The van der Waals surface area contributed by atoms with Crippen LogP contribution in [0.15, 0.2) is 0 Å². The van der Waals surface area contributed by atoms with Gasteiger partial charge in [-0.05, 0) is 39.9 Å². The Morgan fingerprint density at radius 3 is 1.68 bits per heavy atom. The van der Waals surface area contributed by atoms with Crippen LogP contribution in [0.5, 0.6) is 0 Å². The highest BCUT2D eigenvalue weighted by molar-refractivity contribution is 4.95. The first-order valence-corrected chi connectivity index (χ1v) is 9.98. The normalized spacial score (nSPS) is 27.8. The van der Waals surface area contributed by atoms with E-state index in [2.05, 4.69) is 33.7 Å². The second kappa shape index (κ2) is 11.5. The molecule has 0 aromatic rings. The van der Waals surface area contributed by atoms with Crippen LogP contribution in [-0.2, 0) is 9.47 Å². The largest absolute Gasteiger partial charge is 0.385 e. The molecular weight excluding hydrogens is 316 g/mol. The van der Waals surface area contributed by atoms with Gasteiger partial charge in [0.05, 0.1) is 0 Å². The van der Waals surface area contributed by atoms with Crippen molar-refractivity contribution in [2.24, 2.45) is 0 Å². The molecule has 2 aliphatic heterocycles. The number of hydrogen-bond acceptors (Lipinski definition) is 6. The molecule has 0 N–H and O–H groups in total. The Hall–Kier alpha value is -0.240. The molecule has 25 heavy (non-hydrogen) atoms. The number of piperazine rings is 2. The predicted octanol–water partition coefficient (Wildman–Crippen LogP) is 0.682. The van der Waals surface area contributed by atoms with E-state index in [4.69, 9.17) is 9.47 Å². The van der Waals surface area contributed by atoms with Crippen molar-refractivity contribution in [1.29, 1.82) is 0 Å². The third-order valence-corrected chi connectivity index (χ3v) is 5.76. The van der Waals surface area contributed by atoms with E-state index in [0.717, 1.165) is 32.6 Å². The molecule has 0 bridgehead atoms. The van der Waals surface area contributed by atoms with Gasteiger partial charge in [-0.15, -0.1) is 0 Å². The molecule has 2 aliphatic rings. The van der Waals surface area contributed by atoms with E-state index in [-0.39, 0.29) is 0 Å². The minimum absolute atomic E-state index is 0.626. The molecule has 2 unspecified atom stereocenters. The van der Waals surface area contributed by atoms with Crippen molar-refractivity contribution in [1.82, 2.24) is 19.6 Å². The van der Waals surface area contributed by atoms with Gasteiger partial charge in [0.15, 0.2) is 0 Å². The lowest BCUT2D eigenvalue weighted by Crippen LogP contribution is -2.66. The fraction of sp³-hybridized carbons (Fsp3) is 1.00. The first kappa shape index (κ1) is 21.1. The zero-order valence-electron chi connectivity index (χ0n) is 17.0. The van der Waals surface area contributed by atoms with Gasteiger partial charge in [0.1, 0.15) is 0 Å². The standard InChI is InChI=1S/C19H40N4O2/c1-20-10-12-22(8-5-6-14-24-3)18(16-20)19-17-21(2)11-13-23(19)9-7-15-25-4/h18-19H,5-17H2,1-4H3.